The molecule has 0 radical (unpaired) electrons. The van der Waals surface area contributed by atoms with Gasteiger partial charge in [0.25, 0.3) is 0 Å². The first-order valence-electron chi connectivity index (χ1n) is 5.81. The average Bonchev–Trinajstić information content (AvgIpc) is 2.34. The van der Waals surface area contributed by atoms with Crippen molar-refractivity contribution in [1.29, 1.82) is 0 Å². The van der Waals surface area contributed by atoms with Crippen molar-refractivity contribution in [2.75, 3.05) is 5.75 Å². The maximum absolute atomic E-state index is 11.7. The molecule has 0 aromatic heterocycles. The molecule has 0 saturated carbocycles. The maximum Gasteiger partial charge on any atom is 0.326 e. The Labute approximate surface area is 121 Å². The highest BCUT2D eigenvalue weighted by Gasteiger charge is 2.23. The summed E-state index contributed by atoms with van der Waals surface area (Å²) in [5, 5.41) is 12.1. The standard InChI is InChI=1S/C13H16ClNO3S/c1-8(2)12(13(17)18)15-11(16)7-19-10-6-4-3-5-9(10)14/h3-6,8,12H,7H2,1-2H3,(H,15,16)(H,17,18)/t12-/m0/s1. The zero-order chi connectivity index (χ0) is 14.4. The minimum atomic E-state index is -1.02. The first-order chi connectivity index (χ1) is 8.91. The lowest BCUT2D eigenvalue weighted by Gasteiger charge is -2.17. The summed E-state index contributed by atoms with van der Waals surface area (Å²) < 4.78 is 0. The average molecular weight is 302 g/mol. The van der Waals surface area contributed by atoms with E-state index in [0.717, 1.165) is 4.90 Å². The van der Waals surface area contributed by atoms with Crippen molar-refractivity contribution in [3.8, 4) is 0 Å². The molecule has 1 aromatic carbocycles. The molecule has 19 heavy (non-hydrogen) atoms. The highest BCUT2D eigenvalue weighted by Crippen LogP contribution is 2.26. The lowest BCUT2D eigenvalue weighted by Crippen LogP contribution is -2.45. The molecule has 0 aliphatic carbocycles. The highest BCUT2D eigenvalue weighted by atomic mass is 35.5. The number of aliphatic carboxylic acids is 1. The van der Waals surface area contributed by atoms with Gasteiger partial charge in [0.05, 0.1) is 10.8 Å². The van der Waals surface area contributed by atoms with Crippen molar-refractivity contribution in [2.24, 2.45) is 5.92 Å². The number of rotatable bonds is 6. The fourth-order valence-corrected chi connectivity index (χ4v) is 2.48. The predicted molar refractivity (Wildman–Crippen MR) is 76.6 cm³/mol. The number of amides is 1. The van der Waals surface area contributed by atoms with E-state index < -0.39 is 12.0 Å². The lowest BCUT2D eigenvalue weighted by molar-refractivity contribution is -0.142. The lowest BCUT2D eigenvalue weighted by atomic mass is 10.1. The Morgan fingerprint density at radius 1 is 1.37 bits per heavy atom. The number of carboxylic acids is 1. The van der Waals surface area contributed by atoms with Crippen molar-refractivity contribution in [3.05, 3.63) is 29.3 Å². The minimum Gasteiger partial charge on any atom is -0.480 e. The van der Waals surface area contributed by atoms with Crippen LogP contribution in [0.2, 0.25) is 5.02 Å². The second-order valence-electron chi connectivity index (χ2n) is 4.35. The zero-order valence-electron chi connectivity index (χ0n) is 10.7. The summed E-state index contributed by atoms with van der Waals surface area (Å²) >= 11 is 7.25. The van der Waals surface area contributed by atoms with Gasteiger partial charge in [0.1, 0.15) is 6.04 Å². The summed E-state index contributed by atoms with van der Waals surface area (Å²) in [6.07, 6.45) is 0. The Bertz CT molecular complexity index is 465. The molecule has 0 unspecified atom stereocenters. The SMILES string of the molecule is CC(C)[C@H](NC(=O)CSc1ccccc1Cl)C(=O)O. The van der Waals surface area contributed by atoms with Gasteiger partial charge in [-0.05, 0) is 18.1 Å². The van der Waals surface area contributed by atoms with E-state index in [-0.39, 0.29) is 17.6 Å². The first-order valence-corrected chi connectivity index (χ1v) is 7.17. The molecular formula is C13H16ClNO3S. The number of carbonyl (C=O) groups is 2. The Morgan fingerprint density at radius 3 is 2.53 bits per heavy atom. The van der Waals surface area contributed by atoms with Crippen molar-refractivity contribution in [3.63, 3.8) is 0 Å². The third kappa shape index (κ3) is 5.12. The number of benzene rings is 1. The predicted octanol–water partition coefficient (Wildman–Crippen LogP) is 2.66. The third-order valence-electron chi connectivity index (χ3n) is 2.44. The normalized spacial score (nSPS) is 12.2. The van der Waals surface area contributed by atoms with Crippen molar-refractivity contribution in [2.45, 2.75) is 24.8 Å². The number of nitrogens with one attached hydrogen (secondary N) is 1. The summed E-state index contributed by atoms with van der Waals surface area (Å²) in [6, 6.07) is 6.35. The van der Waals surface area contributed by atoms with Crippen molar-refractivity contribution >= 4 is 35.2 Å². The summed E-state index contributed by atoms with van der Waals surface area (Å²) in [5.41, 5.74) is 0. The van der Waals surface area contributed by atoms with Crippen LogP contribution in [0.15, 0.2) is 29.2 Å². The van der Waals surface area contributed by atoms with Crippen LogP contribution in [0, 0.1) is 5.92 Å². The number of carboxylic acid groups (broad SMARTS) is 1. The van der Waals surface area contributed by atoms with Crippen LogP contribution in [0.5, 0.6) is 0 Å². The van der Waals surface area contributed by atoms with E-state index in [0.29, 0.717) is 5.02 Å². The van der Waals surface area contributed by atoms with E-state index in [2.05, 4.69) is 5.32 Å². The summed E-state index contributed by atoms with van der Waals surface area (Å²) in [6.45, 7) is 3.50. The number of hydrogen-bond donors (Lipinski definition) is 2. The van der Waals surface area contributed by atoms with Gasteiger partial charge < -0.3 is 10.4 Å². The molecule has 0 bridgehead atoms. The molecule has 1 atom stereocenters. The maximum atomic E-state index is 11.7. The molecule has 0 fully saturated rings. The van der Waals surface area contributed by atoms with Crippen LogP contribution in [-0.4, -0.2) is 28.8 Å². The van der Waals surface area contributed by atoms with Crippen LogP contribution in [0.3, 0.4) is 0 Å². The third-order valence-corrected chi connectivity index (χ3v) is 3.96. The Kier molecular flexibility index (Phi) is 6.18. The molecule has 104 valence electrons. The van der Waals surface area contributed by atoms with Gasteiger partial charge in [-0.2, -0.15) is 0 Å². The summed E-state index contributed by atoms with van der Waals surface area (Å²) in [7, 11) is 0. The van der Waals surface area contributed by atoms with Gasteiger partial charge in [0.15, 0.2) is 0 Å². The Hall–Kier alpha value is -1.20. The quantitative estimate of drug-likeness (QED) is 0.793. The Balaban J connectivity index is 2.52. The molecule has 2 N–H and O–H groups in total. The number of hydrogen-bond acceptors (Lipinski definition) is 3. The second kappa shape index (κ2) is 7.40. The van der Waals surface area contributed by atoms with Gasteiger partial charge in [-0.1, -0.05) is 37.6 Å². The Morgan fingerprint density at radius 2 is 2.00 bits per heavy atom. The van der Waals surface area contributed by atoms with Gasteiger partial charge in [-0.25, -0.2) is 4.79 Å². The molecule has 0 spiro atoms. The van der Waals surface area contributed by atoms with Crippen LogP contribution >= 0.6 is 23.4 Å². The second-order valence-corrected chi connectivity index (χ2v) is 5.77. The molecule has 0 heterocycles. The van der Waals surface area contributed by atoms with Gasteiger partial charge in [-0.3, -0.25) is 4.79 Å². The van der Waals surface area contributed by atoms with E-state index in [1.807, 2.05) is 18.2 Å². The van der Waals surface area contributed by atoms with Gasteiger partial charge in [0.2, 0.25) is 5.91 Å². The van der Waals surface area contributed by atoms with E-state index in [1.54, 1.807) is 19.9 Å². The molecule has 1 aromatic rings. The van der Waals surface area contributed by atoms with Crippen LogP contribution in [0.25, 0.3) is 0 Å². The smallest absolute Gasteiger partial charge is 0.326 e. The molecule has 0 saturated heterocycles. The molecule has 6 heteroatoms. The molecule has 0 aliphatic rings. The largest absolute Gasteiger partial charge is 0.480 e. The van der Waals surface area contributed by atoms with Crippen LogP contribution in [-0.2, 0) is 9.59 Å². The topological polar surface area (TPSA) is 66.4 Å². The van der Waals surface area contributed by atoms with Gasteiger partial charge in [0, 0.05) is 4.90 Å². The fraction of sp³-hybridized carbons (Fsp3) is 0.385. The van der Waals surface area contributed by atoms with E-state index in [4.69, 9.17) is 16.7 Å². The van der Waals surface area contributed by atoms with E-state index in [1.165, 1.54) is 11.8 Å². The highest BCUT2D eigenvalue weighted by molar-refractivity contribution is 8.00. The van der Waals surface area contributed by atoms with Crippen molar-refractivity contribution < 1.29 is 14.7 Å². The molecule has 0 aliphatic heterocycles. The molecule has 4 nitrogen and oxygen atoms in total. The molecular weight excluding hydrogens is 286 g/mol. The van der Waals surface area contributed by atoms with E-state index >= 15 is 0 Å². The summed E-state index contributed by atoms with van der Waals surface area (Å²) in [5.74, 6) is -1.36. The van der Waals surface area contributed by atoms with Crippen LogP contribution in [0.4, 0.5) is 0 Å². The van der Waals surface area contributed by atoms with Crippen LogP contribution in [0.1, 0.15) is 13.8 Å². The zero-order valence-corrected chi connectivity index (χ0v) is 12.3. The van der Waals surface area contributed by atoms with Gasteiger partial charge >= 0.3 is 5.97 Å². The minimum absolute atomic E-state index is 0.139. The number of thioether (sulfide) groups is 1. The van der Waals surface area contributed by atoms with Crippen LogP contribution < -0.4 is 5.32 Å². The fourth-order valence-electron chi connectivity index (χ4n) is 1.43. The number of carbonyl (C=O) groups excluding carboxylic acids is 1. The molecule has 1 rings (SSSR count). The number of halogens is 1. The molecule has 1 amide bonds. The van der Waals surface area contributed by atoms with Crippen molar-refractivity contribution in [1.82, 2.24) is 5.32 Å². The van der Waals surface area contributed by atoms with E-state index in [9.17, 15) is 9.59 Å². The monoisotopic (exact) mass is 301 g/mol. The first kappa shape index (κ1) is 15.9. The van der Waals surface area contributed by atoms with Gasteiger partial charge in [-0.15, -0.1) is 11.8 Å². The summed E-state index contributed by atoms with van der Waals surface area (Å²) in [4.78, 5) is 23.5.